The van der Waals surface area contributed by atoms with Gasteiger partial charge in [-0.15, -0.1) is 0 Å². The van der Waals surface area contributed by atoms with E-state index in [-0.39, 0.29) is 35.4 Å². The Balaban J connectivity index is 1.93. The van der Waals surface area contributed by atoms with E-state index < -0.39 is 29.2 Å². The molecule has 0 saturated carbocycles. The van der Waals surface area contributed by atoms with E-state index in [0.29, 0.717) is 28.2 Å². The Hall–Kier alpha value is -5.38. The Labute approximate surface area is 242 Å². The predicted molar refractivity (Wildman–Crippen MR) is 159 cm³/mol. The van der Waals surface area contributed by atoms with Crippen LogP contribution in [0.15, 0.2) is 77.1 Å². The minimum atomic E-state index is -0.919. The zero-order valence-corrected chi connectivity index (χ0v) is 23.7. The van der Waals surface area contributed by atoms with E-state index in [1.54, 1.807) is 62.4 Å². The van der Waals surface area contributed by atoms with Crippen molar-refractivity contribution in [3.05, 3.63) is 99.4 Å². The first kappa shape index (κ1) is 29.6. The molecule has 3 aromatic rings. The summed E-state index contributed by atoms with van der Waals surface area (Å²) in [6, 6.07) is 13.5. The fraction of sp³-hybridized carbons (Fsp3) is 0.188. The van der Waals surface area contributed by atoms with Gasteiger partial charge in [-0.25, -0.2) is 0 Å². The van der Waals surface area contributed by atoms with Gasteiger partial charge in [-0.2, -0.15) is 0 Å². The normalized spacial score (nSPS) is 14.4. The molecule has 3 N–H and O–H groups in total. The first-order chi connectivity index (χ1) is 20.2. The molecule has 0 bridgehead atoms. The maximum atomic E-state index is 13.6. The minimum absolute atomic E-state index is 0.0756. The number of carbonyl (C=O) groups excluding carboxylic acids is 3. The lowest BCUT2D eigenvalue weighted by molar-refractivity contribution is -0.139. The third-order valence-corrected chi connectivity index (χ3v) is 6.96. The number of rotatable bonds is 9. The number of methoxy groups -OCH3 is 2. The highest BCUT2D eigenvalue weighted by molar-refractivity contribution is 6.23. The van der Waals surface area contributed by atoms with Crippen molar-refractivity contribution < 1.29 is 29.0 Å². The molecule has 0 atom stereocenters. The third kappa shape index (κ3) is 5.46. The summed E-state index contributed by atoms with van der Waals surface area (Å²) in [5.41, 5.74) is 6.83. The van der Waals surface area contributed by atoms with Crippen molar-refractivity contribution in [1.29, 1.82) is 0 Å². The molecule has 10 nitrogen and oxygen atoms in total. The first-order valence-corrected chi connectivity index (χ1v) is 13.2. The van der Waals surface area contributed by atoms with Crippen LogP contribution in [0.25, 0.3) is 22.8 Å². The Morgan fingerprint density at radius 2 is 1.48 bits per heavy atom. The number of nitrogens with zero attached hydrogens (tertiary/aromatic N) is 2. The van der Waals surface area contributed by atoms with E-state index in [9.17, 15) is 24.3 Å². The van der Waals surface area contributed by atoms with Gasteiger partial charge in [0.25, 0.3) is 23.3 Å². The smallest absolute Gasteiger partial charge is 0.261 e. The number of hydrogen-bond acceptors (Lipinski definition) is 7. The lowest BCUT2D eigenvalue weighted by Crippen LogP contribution is -2.39. The lowest BCUT2D eigenvalue weighted by Gasteiger charge is -2.25. The third-order valence-electron chi connectivity index (χ3n) is 6.96. The Morgan fingerprint density at radius 3 is 1.98 bits per heavy atom. The van der Waals surface area contributed by atoms with Crippen LogP contribution in [0.5, 0.6) is 17.4 Å². The number of hydrogen-bond donors (Lipinski definition) is 2. The number of pyridine rings is 1. The van der Waals surface area contributed by atoms with Gasteiger partial charge >= 0.3 is 0 Å². The summed E-state index contributed by atoms with van der Waals surface area (Å²) in [5.74, 6) is -1.23. The van der Waals surface area contributed by atoms with E-state index in [1.807, 2.05) is 0 Å². The molecule has 0 radical (unpaired) electrons. The molecule has 4 rings (SSSR count). The van der Waals surface area contributed by atoms with Crippen LogP contribution in [0, 0.1) is 0 Å². The summed E-state index contributed by atoms with van der Waals surface area (Å²) in [6.45, 7) is 3.60. The van der Waals surface area contributed by atoms with Crippen molar-refractivity contribution in [3.8, 4) is 28.5 Å². The maximum Gasteiger partial charge on any atom is 0.261 e. The summed E-state index contributed by atoms with van der Waals surface area (Å²) in [4.78, 5) is 53.3. The van der Waals surface area contributed by atoms with Gasteiger partial charge in [-0.05, 0) is 67.0 Å². The van der Waals surface area contributed by atoms with E-state index in [0.717, 1.165) is 9.47 Å². The molecule has 3 amide bonds. The van der Waals surface area contributed by atoms with Gasteiger partial charge in [-0.1, -0.05) is 30.3 Å². The van der Waals surface area contributed by atoms with Gasteiger partial charge in [0, 0.05) is 35.9 Å². The van der Waals surface area contributed by atoms with Crippen molar-refractivity contribution >= 4 is 29.4 Å². The summed E-state index contributed by atoms with van der Waals surface area (Å²) in [7, 11) is 3.05. The van der Waals surface area contributed by atoms with Gasteiger partial charge in [0.15, 0.2) is 0 Å². The number of imide groups is 1. The number of aromatic hydroxyl groups is 1. The molecule has 2 aromatic carbocycles. The van der Waals surface area contributed by atoms with Crippen LogP contribution >= 0.6 is 0 Å². The van der Waals surface area contributed by atoms with Gasteiger partial charge in [-0.3, -0.25) is 28.6 Å². The van der Waals surface area contributed by atoms with Crippen LogP contribution < -0.4 is 20.8 Å². The van der Waals surface area contributed by atoms with E-state index in [2.05, 4.69) is 0 Å². The van der Waals surface area contributed by atoms with Crippen molar-refractivity contribution in [2.75, 3.05) is 20.8 Å². The molecule has 0 fully saturated rings. The van der Waals surface area contributed by atoms with Gasteiger partial charge in [0.1, 0.15) is 17.1 Å². The quantitative estimate of drug-likeness (QED) is 0.295. The number of benzene rings is 2. The monoisotopic (exact) mass is 569 g/mol. The molecule has 1 aromatic heterocycles. The Morgan fingerprint density at radius 1 is 0.905 bits per heavy atom. The average molecular weight is 570 g/mol. The second-order valence-electron chi connectivity index (χ2n) is 9.24. The first-order valence-electron chi connectivity index (χ1n) is 13.2. The zero-order valence-electron chi connectivity index (χ0n) is 23.7. The van der Waals surface area contributed by atoms with Crippen molar-refractivity contribution in [3.63, 3.8) is 0 Å². The number of ether oxygens (including phenoxy) is 2. The molecule has 0 aliphatic carbocycles. The lowest BCUT2D eigenvalue weighted by atomic mass is 9.92. The topological polar surface area (TPSA) is 141 Å². The predicted octanol–water partition coefficient (Wildman–Crippen LogP) is 3.77. The van der Waals surface area contributed by atoms with Crippen molar-refractivity contribution in [2.24, 2.45) is 5.73 Å². The highest BCUT2D eigenvalue weighted by Gasteiger charge is 2.30. The number of allylic oxidation sites excluding steroid dienone is 2. The number of carbonyl (C=O) groups is 3. The maximum absolute atomic E-state index is 13.6. The summed E-state index contributed by atoms with van der Waals surface area (Å²) >= 11 is 0. The van der Waals surface area contributed by atoms with E-state index in [4.69, 9.17) is 15.2 Å². The van der Waals surface area contributed by atoms with Crippen LogP contribution in [0.3, 0.4) is 0 Å². The van der Waals surface area contributed by atoms with Crippen LogP contribution in [-0.4, -0.2) is 53.1 Å². The molecule has 2 heterocycles. The number of nitrogens with two attached hydrogens (primary N) is 1. The van der Waals surface area contributed by atoms with E-state index in [1.165, 1.54) is 38.5 Å². The van der Waals surface area contributed by atoms with Crippen LogP contribution in [0.4, 0.5) is 0 Å². The second-order valence-corrected chi connectivity index (χ2v) is 9.24. The Bertz CT molecular complexity index is 1700. The van der Waals surface area contributed by atoms with Gasteiger partial charge < -0.3 is 20.3 Å². The molecule has 0 unspecified atom stereocenters. The van der Waals surface area contributed by atoms with Crippen molar-refractivity contribution in [1.82, 2.24) is 9.47 Å². The summed E-state index contributed by atoms with van der Waals surface area (Å²) in [5, 5.41) is 10.9. The molecule has 0 spiro atoms. The van der Waals surface area contributed by atoms with Gasteiger partial charge in [0.05, 0.1) is 14.2 Å². The van der Waals surface area contributed by atoms with Crippen molar-refractivity contribution in [2.45, 2.75) is 20.4 Å². The Kier molecular flexibility index (Phi) is 8.76. The average Bonchev–Trinajstić information content (AvgIpc) is 2.99. The molecule has 42 heavy (non-hydrogen) atoms. The summed E-state index contributed by atoms with van der Waals surface area (Å²) < 4.78 is 11.5. The standard InChI is InChI=1S/C32H31N3O7/c1-5-34-26(36)18-25(19-10-14-21(41-3)15-11-19)23(30(34)38)8-7-9-24-27(20-12-16-22(42-4)17-13-20)28(29(33)37)32(40)35(6-2)31(24)39/h7-18,40H,5-6H2,1-4H3,(H2,33,37). The molecular formula is C32H31N3O7. The number of amides is 3. The minimum Gasteiger partial charge on any atom is -0.497 e. The molecule has 10 heteroatoms. The van der Waals surface area contributed by atoms with Crippen LogP contribution in [0.1, 0.15) is 35.3 Å². The zero-order chi connectivity index (χ0) is 30.6. The molecule has 1 aliphatic rings. The van der Waals surface area contributed by atoms with Gasteiger partial charge in [0.2, 0.25) is 5.88 Å². The number of primary amides is 1. The second kappa shape index (κ2) is 12.4. The molecule has 1 aliphatic heterocycles. The fourth-order valence-electron chi connectivity index (χ4n) is 4.82. The summed E-state index contributed by atoms with van der Waals surface area (Å²) in [6.07, 6.45) is 5.86. The molecule has 216 valence electrons. The number of likely N-dealkylation sites (N-methyl/N-ethyl adjacent to an activating group) is 1. The number of aromatic nitrogens is 1. The largest absolute Gasteiger partial charge is 0.497 e. The highest BCUT2D eigenvalue weighted by atomic mass is 16.5. The molecular weight excluding hydrogens is 538 g/mol. The van der Waals surface area contributed by atoms with Crippen LogP contribution in [0.2, 0.25) is 0 Å². The molecule has 0 saturated heterocycles. The fourth-order valence-corrected chi connectivity index (χ4v) is 4.82. The highest BCUT2D eigenvalue weighted by Crippen LogP contribution is 2.34. The SMILES string of the molecule is CCN1C(=O)C=C(c2ccc(OC)cc2)C(=CC=Cc2c(-c3ccc(OC)cc3)c(C(N)=O)c(O)n(CC)c2=O)C1=O. The van der Waals surface area contributed by atoms with Crippen LogP contribution in [-0.2, 0) is 16.1 Å². The van der Waals surface area contributed by atoms with E-state index >= 15 is 0 Å².